The molecule has 2 atom stereocenters. The molecular formula is C25H23NO6. The Morgan fingerprint density at radius 3 is 2.12 bits per heavy atom. The van der Waals surface area contributed by atoms with Crippen molar-refractivity contribution in [2.75, 3.05) is 11.5 Å². The standard InChI is InChI=1S/C25H23NO6/c1-2-31-24(29)17-12-10-16(11-13-17)15-32-25(30)18-6-5-7-19(14-18)26-22(27)20-8-3-4-9-21(20)23(26)28/h3-7,10-14,20-21H,2,8-9,15H2,1H3/t20-,21-/m1/s1. The lowest BCUT2D eigenvalue weighted by molar-refractivity contribution is -0.122. The smallest absolute Gasteiger partial charge is 0.338 e. The first-order valence-electron chi connectivity index (χ1n) is 10.6. The lowest BCUT2D eigenvalue weighted by atomic mass is 9.85. The summed E-state index contributed by atoms with van der Waals surface area (Å²) < 4.78 is 10.3. The van der Waals surface area contributed by atoms with E-state index in [2.05, 4.69) is 0 Å². The van der Waals surface area contributed by atoms with Crippen LogP contribution in [0.2, 0.25) is 0 Å². The summed E-state index contributed by atoms with van der Waals surface area (Å²) in [5.74, 6) is -2.09. The molecule has 7 heteroatoms. The molecule has 2 aromatic rings. The van der Waals surface area contributed by atoms with Crippen molar-refractivity contribution < 1.29 is 28.7 Å². The van der Waals surface area contributed by atoms with Crippen molar-refractivity contribution in [3.63, 3.8) is 0 Å². The average Bonchev–Trinajstić information content (AvgIpc) is 3.08. The van der Waals surface area contributed by atoms with Gasteiger partial charge in [0.1, 0.15) is 6.61 Å². The Hall–Kier alpha value is -3.74. The van der Waals surface area contributed by atoms with Crippen LogP contribution in [0, 0.1) is 11.8 Å². The van der Waals surface area contributed by atoms with Gasteiger partial charge in [0, 0.05) is 0 Å². The van der Waals surface area contributed by atoms with Gasteiger partial charge in [0.05, 0.1) is 35.3 Å². The highest BCUT2D eigenvalue weighted by molar-refractivity contribution is 6.22. The van der Waals surface area contributed by atoms with Crippen molar-refractivity contribution in [1.29, 1.82) is 0 Å². The molecule has 0 aromatic heterocycles. The summed E-state index contributed by atoms with van der Waals surface area (Å²) in [4.78, 5) is 51.0. The first-order valence-corrected chi connectivity index (χ1v) is 10.6. The van der Waals surface area contributed by atoms with Crippen LogP contribution < -0.4 is 4.90 Å². The topological polar surface area (TPSA) is 90.0 Å². The van der Waals surface area contributed by atoms with Crippen LogP contribution in [0.5, 0.6) is 0 Å². The minimum atomic E-state index is -0.570. The third-order valence-electron chi connectivity index (χ3n) is 5.68. The lowest BCUT2D eigenvalue weighted by Gasteiger charge is -2.15. The van der Waals surface area contributed by atoms with E-state index >= 15 is 0 Å². The molecule has 0 unspecified atom stereocenters. The maximum atomic E-state index is 12.8. The number of rotatable bonds is 6. The van der Waals surface area contributed by atoms with E-state index in [4.69, 9.17) is 9.47 Å². The monoisotopic (exact) mass is 433 g/mol. The van der Waals surface area contributed by atoms with Gasteiger partial charge in [-0.05, 0) is 55.7 Å². The number of esters is 2. The molecule has 1 aliphatic carbocycles. The van der Waals surface area contributed by atoms with Crippen LogP contribution >= 0.6 is 0 Å². The summed E-state index contributed by atoms with van der Waals surface area (Å²) in [7, 11) is 0. The Labute approximate surface area is 185 Å². The Morgan fingerprint density at radius 2 is 1.50 bits per heavy atom. The number of allylic oxidation sites excluding steroid dienone is 2. The third kappa shape index (κ3) is 4.19. The van der Waals surface area contributed by atoms with Gasteiger partial charge in [-0.2, -0.15) is 0 Å². The van der Waals surface area contributed by atoms with E-state index < -0.39 is 11.9 Å². The SMILES string of the molecule is CCOC(=O)c1ccc(COC(=O)c2cccc(N3C(=O)[C@@H]4CC=CC[C@H]4C3=O)c2)cc1. The highest BCUT2D eigenvalue weighted by Gasteiger charge is 2.47. The van der Waals surface area contributed by atoms with Gasteiger partial charge in [-0.25, -0.2) is 9.59 Å². The predicted molar refractivity (Wildman–Crippen MR) is 116 cm³/mol. The zero-order valence-electron chi connectivity index (χ0n) is 17.7. The number of amides is 2. The molecule has 0 spiro atoms. The fourth-order valence-corrected chi connectivity index (χ4v) is 4.01. The predicted octanol–water partition coefficient (Wildman–Crippen LogP) is 3.68. The Kier molecular flexibility index (Phi) is 6.16. The van der Waals surface area contributed by atoms with Gasteiger partial charge in [-0.3, -0.25) is 14.5 Å². The summed E-state index contributed by atoms with van der Waals surface area (Å²) in [6.45, 7) is 2.05. The number of hydrogen-bond acceptors (Lipinski definition) is 6. The Morgan fingerprint density at radius 1 is 0.875 bits per heavy atom. The van der Waals surface area contributed by atoms with Gasteiger partial charge in [0.2, 0.25) is 11.8 Å². The highest BCUT2D eigenvalue weighted by atomic mass is 16.5. The number of carbonyl (C=O) groups is 4. The normalized spacial score (nSPS) is 19.6. The number of hydrogen-bond donors (Lipinski definition) is 0. The van der Waals surface area contributed by atoms with Crippen molar-refractivity contribution >= 4 is 29.4 Å². The second kappa shape index (κ2) is 9.18. The number of anilines is 1. The van der Waals surface area contributed by atoms with Crippen LogP contribution in [-0.4, -0.2) is 30.4 Å². The van der Waals surface area contributed by atoms with Crippen molar-refractivity contribution in [1.82, 2.24) is 0 Å². The number of imide groups is 1. The molecule has 2 amide bonds. The van der Waals surface area contributed by atoms with Crippen molar-refractivity contribution in [3.05, 3.63) is 77.4 Å². The van der Waals surface area contributed by atoms with E-state index in [9.17, 15) is 19.2 Å². The van der Waals surface area contributed by atoms with Crippen molar-refractivity contribution in [3.8, 4) is 0 Å². The molecule has 0 bridgehead atoms. The molecule has 1 saturated heterocycles. The van der Waals surface area contributed by atoms with Crippen LogP contribution in [0.4, 0.5) is 5.69 Å². The molecule has 2 aliphatic rings. The van der Waals surface area contributed by atoms with Crippen LogP contribution in [-0.2, 0) is 25.7 Å². The Bertz CT molecular complexity index is 1060. The van der Waals surface area contributed by atoms with Crippen LogP contribution in [0.25, 0.3) is 0 Å². The fourth-order valence-electron chi connectivity index (χ4n) is 4.01. The summed E-state index contributed by atoms with van der Waals surface area (Å²) in [5.41, 5.74) is 1.76. The second-order valence-electron chi connectivity index (χ2n) is 7.71. The van der Waals surface area contributed by atoms with E-state index in [0.717, 1.165) is 0 Å². The minimum absolute atomic E-state index is 0.0174. The molecule has 164 valence electrons. The summed E-state index contributed by atoms with van der Waals surface area (Å²) in [5, 5.41) is 0. The number of fused-ring (bicyclic) bond motifs is 1. The van der Waals surface area contributed by atoms with Crippen molar-refractivity contribution in [2.45, 2.75) is 26.4 Å². The quantitative estimate of drug-likeness (QED) is 0.392. The lowest BCUT2D eigenvalue weighted by Crippen LogP contribution is -2.31. The third-order valence-corrected chi connectivity index (χ3v) is 5.68. The molecule has 0 N–H and O–H groups in total. The summed E-state index contributed by atoms with van der Waals surface area (Å²) in [6.07, 6.45) is 4.98. The first kappa shape index (κ1) is 21.5. The molecule has 0 saturated carbocycles. The zero-order valence-corrected chi connectivity index (χ0v) is 17.7. The van der Waals surface area contributed by atoms with E-state index in [-0.39, 0.29) is 35.8 Å². The van der Waals surface area contributed by atoms with E-state index in [1.165, 1.54) is 11.0 Å². The fraction of sp³-hybridized carbons (Fsp3) is 0.280. The molecule has 1 aliphatic heterocycles. The van der Waals surface area contributed by atoms with Gasteiger partial charge in [0.15, 0.2) is 0 Å². The van der Waals surface area contributed by atoms with Crippen molar-refractivity contribution in [2.24, 2.45) is 11.8 Å². The first-order chi connectivity index (χ1) is 15.5. The van der Waals surface area contributed by atoms with E-state index in [0.29, 0.717) is 36.3 Å². The maximum absolute atomic E-state index is 12.8. The number of nitrogens with zero attached hydrogens (tertiary/aromatic N) is 1. The van der Waals surface area contributed by atoms with Gasteiger partial charge >= 0.3 is 11.9 Å². The molecule has 2 aromatic carbocycles. The highest BCUT2D eigenvalue weighted by Crippen LogP contribution is 2.37. The molecule has 32 heavy (non-hydrogen) atoms. The summed E-state index contributed by atoms with van der Waals surface area (Å²) in [6, 6.07) is 13.0. The van der Waals surface area contributed by atoms with Crippen LogP contribution in [0.15, 0.2) is 60.7 Å². The van der Waals surface area contributed by atoms with Gasteiger partial charge in [0.25, 0.3) is 0 Å². The minimum Gasteiger partial charge on any atom is -0.462 e. The number of carbonyl (C=O) groups excluding carboxylic acids is 4. The second-order valence-corrected chi connectivity index (χ2v) is 7.71. The van der Waals surface area contributed by atoms with Gasteiger partial charge in [-0.1, -0.05) is 30.4 Å². The molecule has 1 fully saturated rings. The molecular weight excluding hydrogens is 410 g/mol. The average molecular weight is 433 g/mol. The largest absolute Gasteiger partial charge is 0.462 e. The maximum Gasteiger partial charge on any atom is 0.338 e. The zero-order chi connectivity index (χ0) is 22.7. The molecule has 4 rings (SSSR count). The van der Waals surface area contributed by atoms with Gasteiger partial charge < -0.3 is 9.47 Å². The van der Waals surface area contributed by atoms with Crippen LogP contribution in [0.3, 0.4) is 0 Å². The molecule has 1 heterocycles. The number of ether oxygens (including phenoxy) is 2. The number of benzene rings is 2. The van der Waals surface area contributed by atoms with E-state index in [1.807, 2.05) is 12.2 Å². The molecule has 0 radical (unpaired) electrons. The summed E-state index contributed by atoms with van der Waals surface area (Å²) >= 11 is 0. The molecule has 7 nitrogen and oxygen atoms in total. The van der Waals surface area contributed by atoms with Crippen LogP contribution in [0.1, 0.15) is 46.0 Å². The van der Waals surface area contributed by atoms with E-state index in [1.54, 1.807) is 49.4 Å². The Balaban J connectivity index is 1.42. The van der Waals surface area contributed by atoms with Gasteiger partial charge in [-0.15, -0.1) is 0 Å².